The number of nitrogens with zero attached hydrogens (tertiary/aromatic N) is 2. The molecule has 0 saturated heterocycles. The highest BCUT2D eigenvalue weighted by Gasteiger charge is 2.14. The molecule has 0 unspecified atom stereocenters. The lowest BCUT2D eigenvalue weighted by Gasteiger charge is -2.16. The second-order valence-corrected chi connectivity index (χ2v) is 6.82. The molecule has 0 bridgehead atoms. The Balaban J connectivity index is 2.56. The van der Waals surface area contributed by atoms with Gasteiger partial charge < -0.3 is 5.32 Å². The number of hydrogen-bond donors (Lipinski definition) is 1. The second kappa shape index (κ2) is 5.89. The molecule has 1 amide bonds. The van der Waals surface area contributed by atoms with Crippen LogP contribution in [-0.2, 0) is 4.79 Å². The fourth-order valence-corrected chi connectivity index (χ4v) is 1.96. The molecule has 1 N–H and O–H groups in total. The third-order valence-corrected chi connectivity index (χ3v) is 3.21. The Labute approximate surface area is 115 Å². The molecular weight excluding hydrogens is 281 g/mol. The lowest BCUT2D eigenvalue weighted by molar-refractivity contribution is -0.113. The van der Waals surface area contributed by atoms with E-state index in [1.165, 1.54) is 6.07 Å². The summed E-state index contributed by atoms with van der Waals surface area (Å²) in [6.45, 7) is 6.14. The van der Waals surface area contributed by atoms with Crippen LogP contribution in [0.4, 0.5) is 5.82 Å². The van der Waals surface area contributed by atoms with Crippen molar-refractivity contribution in [1.82, 2.24) is 9.97 Å². The summed E-state index contributed by atoms with van der Waals surface area (Å²) in [5, 5.41) is 2.82. The highest BCUT2D eigenvalue weighted by Crippen LogP contribution is 2.23. The van der Waals surface area contributed by atoms with Gasteiger partial charge in [0.15, 0.2) is 0 Å². The molecule has 7 heteroatoms. The maximum atomic E-state index is 11.6. The number of anilines is 1. The van der Waals surface area contributed by atoms with Gasteiger partial charge >= 0.3 is 0 Å². The third kappa shape index (κ3) is 6.10. The van der Waals surface area contributed by atoms with Crippen LogP contribution in [-0.4, -0.2) is 26.4 Å². The number of nitrogens with one attached hydrogen (secondary N) is 1. The van der Waals surface area contributed by atoms with Gasteiger partial charge in [0.1, 0.15) is 11.0 Å². The fourth-order valence-electron chi connectivity index (χ4n) is 0.915. The Bertz CT molecular complexity index is 400. The molecule has 0 aliphatic rings. The van der Waals surface area contributed by atoms with E-state index in [2.05, 4.69) is 15.3 Å². The minimum Gasteiger partial charge on any atom is -0.310 e. The van der Waals surface area contributed by atoms with Crippen LogP contribution in [0.2, 0.25) is 10.4 Å². The molecule has 17 heavy (non-hydrogen) atoms. The van der Waals surface area contributed by atoms with Crippen molar-refractivity contribution in [2.75, 3.05) is 11.1 Å². The summed E-state index contributed by atoms with van der Waals surface area (Å²) in [7, 11) is 0. The van der Waals surface area contributed by atoms with Gasteiger partial charge in [0.25, 0.3) is 0 Å². The SMILES string of the molecule is CC(C)(C)SCC(=O)Nc1cc(Cl)nc(Cl)n1. The van der Waals surface area contributed by atoms with Gasteiger partial charge in [0, 0.05) is 10.8 Å². The molecule has 0 radical (unpaired) electrons. The highest BCUT2D eigenvalue weighted by atomic mass is 35.5. The van der Waals surface area contributed by atoms with Crippen molar-refractivity contribution in [3.63, 3.8) is 0 Å². The Morgan fingerprint density at radius 3 is 2.59 bits per heavy atom. The molecular formula is C10H13Cl2N3OS. The molecule has 0 atom stereocenters. The van der Waals surface area contributed by atoms with Crippen molar-refractivity contribution in [2.45, 2.75) is 25.5 Å². The van der Waals surface area contributed by atoms with Gasteiger partial charge in [0.2, 0.25) is 11.2 Å². The summed E-state index contributed by atoms with van der Waals surface area (Å²) >= 11 is 12.9. The smallest absolute Gasteiger partial charge is 0.235 e. The first-order valence-electron chi connectivity index (χ1n) is 4.90. The molecule has 0 aliphatic carbocycles. The molecule has 0 fully saturated rings. The largest absolute Gasteiger partial charge is 0.310 e. The standard InChI is InChI=1S/C10H13Cl2N3OS/c1-10(2,3)17-5-8(16)14-7-4-6(11)13-9(12)15-7/h4H,5H2,1-3H3,(H,13,14,15,16). The number of amides is 1. The lowest BCUT2D eigenvalue weighted by Crippen LogP contribution is -2.19. The summed E-state index contributed by atoms with van der Waals surface area (Å²) in [4.78, 5) is 19.1. The van der Waals surface area contributed by atoms with E-state index in [9.17, 15) is 4.79 Å². The molecule has 0 aromatic carbocycles. The molecule has 4 nitrogen and oxygen atoms in total. The summed E-state index contributed by atoms with van der Waals surface area (Å²) < 4.78 is 0.0400. The third-order valence-electron chi connectivity index (χ3n) is 1.57. The summed E-state index contributed by atoms with van der Waals surface area (Å²) in [5.74, 6) is 0.521. The minimum absolute atomic E-state index is 0.0104. The van der Waals surface area contributed by atoms with E-state index in [4.69, 9.17) is 23.2 Å². The van der Waals surface area contributed by atoms with Gasteiger partial charge in [-0.25, -0.2) is 9.97 Å². The van der Waals surface area contributed by atoms with Crippen LogP contribution in [0.15, 0.2) is 6.07 Å². The van der Waals surface area contributed by atoms with Gasteiger partial charge in [0.05, 0.1) is 5.75 Å². The number of aromatic nitrogens is 2. The molecule has 1 heterocycles. The van der Waals surface area contributed by atoms with E-state index in [1.54, 1.807) is 11.8 Å². The molecule has 0 saturated carbocycles. The minimum atomic E-state index is -0.143. The summed E-state index contributed by atoms with van der Waals surface area (Å²) in [5.41, 5.74) is 0. The Morgan fingerprint density at radius 1 is 1.41 bits per heavy atom. The molecule has 1 aromatic heterocycles. The first kappa shape index (κ1) is 14.5. The van der Waals surface area contributed by atoms with Crippen LogP contribution in [0.1, 0.15) is 20.8 Å². The maximum Gasteiger partial charge on any atom is 0.235 e. The van der Waals surface area contributed by atoms with Crippen LogP contribution >= 0.6 is 35.0 Å². The highest BCUT2D eigenvalue weighted by molar-refractivity contribution is 8.01. The number of carbonyl (C=O) groups excluding carboxylic acids is 1. The van der Waals surface area contributed by atoms with Crippen LogP contribution in [0, 0.1) is 0 Å². The Kier molecular flexibility index (Phi) is 5.04. The van der Waals surface area contributed by atoms with E-state index < -0.39 is 0 Å². The van der Waals surface area contributed by atoms with E-state index in [0.29, 0.717) is 11.6 Å². The average Bonchev–Trinajstić information content (AvgIpc) is 2.11. The van der Waals surface area contributed by atoms with Crippen LogP contribution in [0.3, 0.4) is 0 Å². The number of hydrogen-bond acceptors (Lipinski definition) is 4. The molecule has 0 spiro atoms. The normalized spacial score (nSPS) is 11.4. The van der Waals surface area contributed by atoms with E-state index >= 15 is 0 Å². The molecule has 94 valence electrons. The number of carbonyl (C=O) groups is 1. The summed E-state index contributed by atoms with van der Waals surface area (Å²) in [6.07, 6.45) is 0. The zero-order valence-electron chi connectivity index (χ0n) is 9.75. The van der Waals surface area contributed by atoms with E-state index in [-0.39, 0.29) is 21.1 Å². The average molecular weight is 294 g/mol. The molecule has 0 aliphatic heterocycles. The topological polar surface area (TPSA) is 54.9 Å². The van der Waals surface area contributed by atoms with Gasteiger partial charge in [-0.2, -0.15) is 0 Å². The van der Waals surface area contributed by atoms with E-state index in [0.717, 1.165) is 0 Å². The predicted molar refractivity (Wildman–Crippen MR) is 72.9 cm³/mol. The quantitative estimate of drug-likeness (QED) is 0.686. The van der Waals surface area contributed by atoms with E-state index in [1.807, 2.05) is 20.8 Å². The Hall–Kier alpha value is -0.520. The van der Waals surface area contributed by atoms with Crippen molar-refractivity contribution >= 4 is 46.7 Å². The van der Waals surface area contributed by atoms with Gasteiger partial charge in [-0.05, 0) is 11.6 Å². The molecule has 1 rings (SSSR count). The first-order valence-corrected chi connectivity index (χ1v) is 6.64. The van der Waals surface area contributed by atoms with Crippen molar-refractivity contribution in [3.8, 4) is 0 Å². The predicted octanol–water partition coefficient (Wildman–Crippen LogP) is 3.25. The Morgan fingerprint density at radius 2 is 2.06 bits per heavy atom. The van der Waals surface area contributed by atoms with Crippen molar-refractivity contribution in [3.05, 3.63) is 16.5 Å². The number of rotatable bonds is 3. The van der Waals surface area contributed by atoms with Crippen LogP contribution < -0.4 is 5.32 Å². The van der Waals surface area contributed by atoms with Crippen LogP contribution in [0.5, 0.6) is 0 Å². The van der Waals surface area contributed by atoms with Crippen molar-refractivity contribution < 1.29 is 4.79 Å². The zero-order valence-corrected chi connectivity index (χ0v) is 12.1. The second-order valence-electron chi connectivity index (χ2n) is 4.29. The number of halogens is 2. The number of thioether (sulfide) groups is 1. The summed E-state index contributed by atoms with van der Waals surface area (Å²) in [6, 6.07) is 1.45. The maximum absolute atomic E-state index is 11.6. The van der Waals surface area contributed by atoms with Gasteiger partial charge in [-0.15, -0.1) is 11.8 Å². The van der Waals surface area contributed by atoms with Crippen molar-refractivity contribution in [2.24, 2.45) is 0 Å². The fraction of sp³-hybridized carbons (Fsp3) is 0.500. The first-order chi connectivity index (χ1) is 7.76. The zero-order chi connectivity index (χ0) is 13.1. The molecule has 1 aromatic rings. The van der Waals surface area contributed by atoms with Gasteiger partial charge in [-0.1, -0.05) is 32.4 Å². The van der Waals surface area contributed by atoms with Crippen molar-refractivity contribution in [1.29, 1.82) is 0 Å². The van der Waals surface area contributed by atoms with Crippen LogP contribution in [0.25, 0.3) is 0 Å². The monoisotopic (exact) mass is 293 g/mol. The lowest BCUT2D eigenvalue weighted by atomic mass is 10.3. The van der Waals surface area contributed by atoms with Gasteiger partial charge in [-0.3, -0.25) is 4.79 Å².